The van der Waals surface area contributed by atoms with Crippen LogP contribution in [0.2, 0.25) is 0 Å². The molecule has 2 rings (SSSR count). The van der Waals surface area contributed by atoms with E-state index in [1.807, 2.05) is 32.0 Å². The summed E-state index contributed by atoms with van der Waals surface area (Å²) in [5, 5.41) is 2.74. The van der Waals surface area contributed by atoms with Gasteiger partial charge in [-0.2, -0.15) is 0 Å². The summed E-state index contributed by atoms with van der Waals surface area (Å²) in [6, 6.07) is 12.1. The minimum Gasteiger partial charge on any atom is -0.481 e. The summed E-state index contributed by atoms with van der Waals surface area (Å²) in [6.07, 6.45) is -0.645. The van der Waals surface area contributed by atoms with Gasteiger partial charge in [0.15, 0.2) is 6.10 Å². The molecule has 5 nitrogen and oxygen atoms in total. The van der Waals surface area contributed by atoms with Crippen LogP contribution in [0.5, 0.6) is 5.75 Å². The van der Waals surface area contributed by atoms with Crippen LogP contribution >= 0.6 is 0 Å². The van der Waals surface area contributed by atoms with Crippen molar-refractivity contribution < 1.29 is 14.3 Å². The summed E-state index contributed by atoms with van der Waals surface area (Å²) in [5.74, 6) is -0.121. The van der Waals surface area contributed by atoms with Gasteiger partial charge < -0.3 is 15.8 Å². The maximum absolute atomic E-state index is 12.2. The molecule has 23 heavy (non-hydrogen) atoms. The number of hydrogen-bond acceptors (Lipinski definition) is 3. The average molecular weight is 312 g/mol. The molecule has 2 amide bonds. The molecule has 0 aliphatic rings. The summed E-state index contributed by atoms with van der Waals surface area (Å²) < 4.78 is 5.66. The van der Waals surface area contributed by atoms with Crippen LogP contribution in [0, 0.1) is 13.8 Å². The van der Waals surface area contributed by atoms with Crippen molar-refractivity contribution in [2.24, 2.45) is 5.73 Å². The highest BCUT2D eigenvalue weighted by atomic mass is 16.5. The number of rotatable bonds is 5. The third kappa shape index (κ3) is 4.32. The van der Waals surface area contributed by atoms with E-state index < -0.39 is 12.0 Å². The number of aryl methyl sites for hydroxylation is 2. The third-order valence-corrected chi connectivity index (χ3v) is 3.60. The molecule has 1 atom stereocenters. The van der Waals surface area contributed by atoms with Gasteiger partial charge in [0.1, 0.15) is 5.75 Å². The molecule has 5 heteroatoms. The fourth-order valence-electron chi connectivity index (χ4n) is 2.01. The zero-order valence-electron chi connectivity index (χ0n) is 13.4. The molecular formula is C18H20N2O3. The van der Waals surface area contributed by atoms with Crippen molar-refractivity contribution in [2.45, 2.75) is 26.9 Å². The molecule has 3 N–H and O–H groups in total. The Bertz CT molecular complexity index is 724. The molecule has 2 aromatic carbocycles. The third-order valence-electron chi connectivity index (χ3n) is 3.60. The second kappa shape index (κ2) is 6.96. The van der Waals surface area contributed by atoms with E-state index in [9.17, 15) is 9.59 Å². The molecule has 0 heterocycles. The Morgan fingerprint density at radius 1 is 1.04 bits per heavy atom. The molecule has 0 radical (unpaired) electrons. The number of carbonyl (C=O) groups excluding carboxylic acids is 2. The van der Waals surface area contributed by atoms with Crippen LogP contribution in [0.4, 0.5) is 5.69 Å². The predicted octanol–water partition coefficient (Wildman–Crippen LogP) is 2.81. The molecule has 0 fully saturated rings. The lowest BCUT2D eigenvalue weighted by Gasteiger charge is -2.15. The Kier molecular flexibility index (Phi) is 5.01. The van der Waals surface area contributed by atoms with E-state index in [-0.39, 0.29) is 5.91 Å². The summed E-state index contributed by atoms with van der Waals surface area (Å²) >= 11 is 0. The fraction of sp³-hybridized carbons (Fsp3) is 0.222. The number of carbonyl (C=O) groups is 2. The number of nitrogens with one attached hydrogen (secondary N) is 1. The normalized spacial score (nSPS) is 11.6. The van der Waals surface area contributed by atoms with Gasteiger partial charge in [-0.15, -0.1) is 0 Å². The predicted molar refractivity (Wildman–Crippen MR) is 89.6 cm³/mol. The number of anilines is 1. The molecule has 0 aromatic heterocycles. The highest BCUT2D eigenvalue weighted by Gasteiger charge is 2.15. The molecule has 0 saturated carbocycles. The Balaban J connectivity index is 1.99. The summed E-state index contributed by atoms with van der Waals surface area (Å²) in [4.78, 5) is 23.2. The minimum atomic E-state index is -0.645. The number of amides is 2. The van der Waals surface area contributed by atoms with Gasteiger partial charge in [0.05, 0.1) is 0 Å². The summed E-state index contributed by atoms with van der Waals surface area (Å²) in [7, 11) is 0. The largest absolute Gasteiger partial charge is 0.481 e. The zero-order chi connectivity index (χ0) is 17.0. The molecule has 0 saturated heterocycles. The lowest BCUT2D eigenvalue weighted by Crippen LogP contribution is -2.30. The molecule has 0 aliphatic heterocycles. The topological polar surface area (TPSA) is 81.4 Å². The van der Waals surface area contributed by atoms with Crippen LogP contribution in [0.15, 0.2) is 42.5 Å². The van der Waals surface area contributed by atoms with E-state index in [2.05, 4.69) is 5.32 Å². The van der Waals surface area contributed by atoms with Gasteiger partial charge >= 0.3 is 0 Å². The maximum atomic E-state index is 12.2. The van der Waals surface area contributed by atoms with Crippen molar-refractivity contribution in [2.75, 3.05) is 5.32 Å². The second-order valence-corrected chi connectivity index (χ2v) is 5.44. The van der Waals surface area contributed by atoms with E-state index in [1.165, 1.54) is 5.56 Å². The van der Waals surface area contributed by atoms with Gasteiger partial charge in [0.25, 0.3) is 5.91 Å². The molecule has 120 valence electrons. The summed E-state index contributed by atoms with van der Waals surface area (Å²) in [6.45, 7) is 5.69. The first-order valence-corrected chi connectivity index (χ1v) is 7.31. The molecular weight excluding hydrogens is 292 g/mol. The average Bonchev–Trinajstić information content (AvgIpc) is 2.51. The van der Waals surface area contributed by atoms with E-state index in [0.717, 1.165) is 5.56 Å². The smallest absolute Gasteiger partial charge is 0.265 e. The van der Waals surface area contributed by atoms with Crippen molar-refractivity contribution in [1.29, 1.82) is 0 Å². The van der Waals surface area contributed by atoms with Gasteiger partial charge in [-0.25, -0.2) is 0 Å². The standard InChI is InChI=1S/C18H20N2O3/c1-11-4-9-16(10-12(11)2)23-13(3)18(22)20-15-7-5-14(6-8-15)17(19)21/h4-10,13H,1-3H3,(H2,19,21)(H,20,22)/t13-/m0/s1. The van der Waals surface area contributed by atoms with Crippen molar-refractivity contribution in [3.63, 3.8) is 0 Å². The van der Waals surface area contributed by atoms with E-state index in [0.29, 0.717) is 17.0 Å². The highest BCUT2D eigenvalue weighted by Crippen LogP contribution is 2.18. The molecule has 0 spiro atoms. The first-order valence-electron chi connectivity index (χ1n) is 7.31. The maximum Gasteiger partial charge on any atom is 0.265 e. The molecule has 2 aromatic rings. The minimum absolute atomic E-state index is 0.268. The van der Waals surface area contributed by atoms with Gasteiger partial charge in [0, 0.05) is 11.3 Å². The van der Waals surface area contributed by atoms with Crippen LogP contribution in [-0.2, 0) is 4.79 Å². The van der Waals surface area contributed by atoms with Gasteiger partial charge in [0.2, 0.25) is 5.91 Å². The van der Waals surface area contributed by atoms with Crippen LogP contribution in [0.3, 0.4) is 0 Å². The van der Waals surface area contributed by atoms with Crippen LogP contribution in [-0.4, -0.2) is 17.9 Å². The van der Waals surface area contributed by atoms with Crippen molar-refractivity contribution >= 4 is 17.5 Å². The van der Waals surface area contributed by atoms with Crippen molar-refractivity contribution in [3.8, 4) is 5.75 Å². The van der Waals surface area contributed by atoms with Crippen molar-refractivity contribution in [3.05, 3.63) is 59.2 Å². The number of hydrogen-bond donors (Lipinski definition) is 2. The number of ether oxygens (including phenoxy) is 1. The quantitative estimate of drug-likeness (QED) is 0.890. The first kappa shape index (κ1) is 16.5. The zero-order valence-corrected chi connectivity index (χ0v) is 13.4. The Morgan fingerprint density at radius 3 is 2.26 bits per heavy atom. The first-order chi connectivity index (χ1) is 10.9. The van der Waals surface area contributed by atoms with Crippen LogP contribution in [0.1, 0.15) is 28.4 Å². The Hall–Kier alpha value is -2.82. The lowest BCUT2D eigenvalue weighted by atomic mass is 10.1. The van der Waals surface area contributed by atoms with Gasteiger partial charge in [-0.05, 0) is 68.3 Å². The van der Waals surface area contributed by atoms with E-state index in [4.69, 9.17) is 10.5 Å². The molecule has 0 aliphatic carbocycles. The number of benzene rings is 2. The van der Waals surface area contributed by atoms with Gasteiger partial charge in [-0.3, -0.25) is 9.59 Å². The Morgan fingerprint density at radius 2 is 1.70 bits per heavy atom. The highest BCUT2D eigenvalue weighted by molar-refractivity contribution is 5.96. The van der Waals surface area contributed by atoms with Gasteiger partial charge in [-0.1, -0.05) is 6.07 Å². The summed E-state index contributed by atoms with van der Waals surface area (Å²) in [5.41, 5.74) is 8.42. The van der Waals surface area contributed by atoms with E-state index in [1.54, 1.807) is 31.2 Å². The van der Waals surface area contributed by atoms with Crippen LogP contribution in [0.25, 0.3) is 0 Å². The monoisotopic (exact) mass is 312 g/mol. The van der Waals surface area contributed by atoms with Crippen molar-refractivity contribution in [1.82, 2.24) is 0 Å². The SMILES string of the molecule is Cc1ccc(O[C@@H](C)C(=O)Nc2ccc(C(N)=O)cc2)cc1C. The second-order valence-electron chi connectivity index (χ2n) is 5.44. The molecule has 0 unspecified atom stereocenters. The number of primary amides is 1. The Labute approximate surface area is 135 Å². The van der Waals surface area contributed by atoms with Crippen LogP contribution < -0.4 is 15.8 Å². The number of nitrogens with two attached hydrogens (primary N) is 1. The van der Waals surface area contributed by atoms with E-state index >= 15 is 0 Å². The lowest BCUT2D eigenvalue weighted by molar-refractivity contribution is -0.122. The molecule has 0 bridgehead atoms. The fourth-order valence-corrected chi connectivity index (χ4v) is 2.01.